The van der Waals surface area contributed by atoms with Gasteiger partial charge in [0.2, 0.25) is 11.8 Å². The summed E-state index contributed by atoms with van der Waals surface area (Å²) in [5.74, 6) is -0.589. The second-order valence-electron chi connectivity index (χ2n) is 16.4. The summed E-state index contributed by atoms with van der Waals surface area (Å²) < 4.78 is 11.3. The third kappa shape index (κ3) is 9.92. The number of para-hydroxylation sites is 1. The number of H-pyrrole nitrogens is 1. The number of carbonyl (C=O) groups is 4. The molecule has 2 heterocycles. The minimum absolute atomic E-state index is 0.112. The Hall–Kier alpha value is -6.66. The highest BCUT2D eigenvalue weighted by Gasteiger charge is 2.31. The fraction of sp³-hybridized carbons (Fsp3) is 0.320. The normalized spacial score (nSPS) is 14.7. The summed E-state index contributed by atoms with van der Waals surface area (Å²) in [5.41, 5.74) is 14.2. The summed E-state index contributed by atoms with van der Waals surface area (Å²) in [6, 6.07) is 33.5. The SMILES string of the molecule is NC(Cc1c[nH]c2ccccc12)C(=O)NCCCCC(NC(=O)OCC1c2ccccc2-c2ccccc21)C(=O)Nc1ccc(CN(C(=O)c2ccco2)C2CCCCC2)cc1. The molecule has 1 saturated carbocycles. The van der Waals surface area contributed by atoms with E-state index < -0.39 is 24.1 Å². The largest absolute Gasteiger partial charge is 0.459 e. The molecule has 0 spiro atoms. The van der Waals surface area contributed by atoms with E-state index in [9.17, 15) is 19.2 Å². The molecule has 12 nitrogen and oxygen atoms in total. The van der Waals surface area contributed by atoms with Gasteiger partial charge in [-0.15, -0.1) is 0 Å². The monoisotopic (exact) mass is 834 g/mol. The van der Waals surface area contributed by atoms with Crippen LogP contribution >= 0.6 is 0 Å². The maximum Gasteiger partial charge on any atom is 0.407 e. The van der Waals surface area contributed by atoms with Crippen LogP contribution in [0.2, 0.25) is 0 Å². The van der Waals surface area contributed by atoms with E-state index in [-0.39, 0.29) is 30.4 Å². The zero-order valence-corrected chi connectivity index (χ0v) is 34.8. The Bertz CT molecular complexity index is 2430. The molecular formula is C50H54N6O6. The van der Waals surface area contributed by atoms with Gasteiger partial charge in [-0.3, -0.25) is 14.4 Å². The van der Waals surface area contributed by atoms with Gasteiger partial charge in [0, 0.05) is 47.8 Å². The number of carbonyl (C=O) groups excluding carboxylic acids is 4. The van der Waals surface area contributed by atoms with Crippen LogP contribution < -0.4 is 21.7 Å². The Balaban J connectivity index is 0.888. The van der Waals surface area contributed by atoms with Gasteiger partial charge in [-0.25, -0.2) is 4.79 Å². The van der Waals surface area contributed by atoms with Crippen LogP contribution in [0, 0.1) is 0 Å². The second-order valence-corrected chi connectivity index (χ2v) is 16.4. The smallest absolute Gasteiger partial charge is 0.407 e. The molecule has 2 unspecified atom stereocenters. The highest BCUT2D eigenvalue weighted by molar-refractivity contribution is 5.96. The molecule has 2 aromatic heterocycles. The third-order valence-electron chi connectivity index (χ3n) is 12.2. The molecule has 2 aliphatic rings. The molecule has 1 fully saturated rings. The molecule has 6 aromatic rings. The number of ether oxygens (including phenoxy) is 1. The molecule has 4 aromatic carbocycles. The number of benzene rings is 4. The Kier molecular flexibility index (Phi) is 13.4. The van der Waals surface area contributed by atoms with Crippen molar-refractivity contribution in [2.24, 2.45) is 5.73 Å². The number of aromatic nitrogens is 1. The predicted octanol–water partition coefficient (Wildman–Crippen LogP) is 8.44. The van der Waals surface area contributed by atoms with Crippen molar-refractivity contribution in [3.8, 4) is 11.1 Å². The van der Waals surface area contributed by atoms with Crippen LogP contribution in [0.25, 0.3) is 22.0 Å². The van der Waals surface area contributed by atoms with Crippen molar-refractivity contribution < 1.29 is 28.3 Å². The Morgan fingerprint density at radius 2 is 1.52 bits per heavy atom. The number of furan rings is 1. The summed E-state index contributed by atoms with van der Waals surface area (Å²) in [5, 5.41) is 9.78. The van der Waals surface area contributed by atoms with E-state index in [1.54, 1.807) is 12.1 Å². The van der Waals surface area contributed by atoms with Gasteiger partial charge in [-0.1, -0.05) is 98.1 Å². The van der Waals surface area contributed by atoms with Gasteiger partial charge in [-0.2, -0.15) is 0 Å². The zero-order valence-electron chi connectivity index (χ0n) is 34.8. The number of hydrogen-bond acceptors (Lipinski definition) is 7. The van der Waals surface area contributed by atoms with Gasteiger partial charge < -0.3 is 40.7 Å². The number of hydrogen-bond donors (Lipinski definition) is 5. The molecule has 62 heavy (non-hydrogen) atoms. The van der Waals surface area contributed by atoms with Crippen molar-refractivity contribution in [3.63, 3.8) is 0 Å². The van der Waals surface area contributed by atoms with Crippen molar-refractivity contribution >= 4 is 40.4 Å². The lowest BCUT2D eigenvalue weighted by Crippen LogP contribution is -2.44. The number of aromatic amines is 1. The second kappa shape index (κ2) is 19.8. The van der Waals surface area contributed by atoms with E-state index in [4.69, 9.17) is 14.9 Å². The maximum atomic E-state index is 13.9. The van der Waals surface area contributed by atoms with Gasteiger partial charge in [0.25, 0.3) is 5.91 Å². The third-order valence-corrected chi connectivity index (χ3v) is 12.2. The molecule has 0 bridgehead atoms. The van der Waals surface area contributed by atoms with Crippen molar-refractivity contribution in [1.82, 2.24) is 20.5 Å². The maximum absolute atomic E-state index is 13.9. The molecular weight excluding hydrogens is 781 g/mol. The molecule has 0 aliphatic heterocycles. The number of amides is 4. The summed E-state index contributed by atoms with van der Waals surface area (Å²) in [7, 11) is 0. The van der Waals surface area contributed by atoms with Gasteiger partial charge in [0.1, 0.15) is 12.6 Å². The molecule has 6 N–H and O–H groups in total. The number of alkyl carbamates (subject to hydrolysis) is 1. The number of nitrogens with zero attached hydrogens (tertiary/aromatic N) is 1. The summed E-state index contributed by atoms with van der Waals surface area (Å²) in [6.45, 7) is 0.886. The van der Waals surface area contributed by atoms with E-state index in [1.165, 1.54) is 12.7 Å². The van der Waals surface area contributed by atoms with E-state index in [0.29, 0.717) is 50.2 Å². The van der Waals surface area contributed by atoms with E-state index >= 15 is 0 Å². The fourth-order valence-corrected chi connectivity index (χ4v) is 8.92. The Labute approximate surface area is 361 Å². The van der Waals surface area contributed by atoms with Crippen LogP contribution in [0.5, 0.6) is 0 Å². The van der Waals surface area contributed by atoms with Crippen molar-refractivity contribution in [3.05, 3.63) is 150 Å². The number of fused-ring (bicyclic) bond motifs is 4. The summed E-state index contributed by atoms with van der Waals surface area (Å²) in [4.78, 5) is 58.9. The average Bonchev–Trinajstić information content (AvgIpc) is 4.06. The van der Waals surface area contributed by atoms with E-state index in [0.717, 1.165) is 70.0 Å². The quantitative estimate of drug-likeness (QED) is 0.0574. The molecule has 2 aliphatic carbocycles. The Morgan fingerprint density at radius 3 is 2.24 bits per heavy atom. The van der Waals surface area contributed by atoms with Crippen molar-refractivity contribution in [1.29, 1.82) is 0 Å². The highest BCUT2D eigenvalue weighted by atomic mass is 16.5. The number of anilines is 1. The number of rotatable bonds is 17. The van der Waals surface area contributed by atoms with Crippen LogP contribution in [0.15, 0.2) is 126 Å². The van der Waals surface area contributed by atoms with Crippen LogP contribution in [-0.4, -0.2) is 65.0 Å². The molecule has 12 heteroatoms. The minimum atomic E-state index is -0.919. The highest BCUT2D eigenvalue weighted by Crippen LogP contribution is 2.44. The lowest BCUT2D eigenvalue weighted by atomic mass is 9.93. The molecule has 2 atom stereocenters. The first-order valence-corrected chi connectivity index (χ1v) is 21.8. The van der Waals surface area contributed by atoms with Gasteiger partial charge in [-0.05, 0) is 102 Å². The van der Waals surface area contributed by atoms with Gasteiger partial charge >= 0.3 is 6.09 Å². The van der Waals surface area contributed by atoms with E-state index in [1.807, 2.05) is 83.9 Å². The fourth-order valence-electron chi connectivity index (χ4n) is 8.92. The van der Waals surface area contributed by atoms with Crippen molar-refractivity contribution in [2.45, 2.75) is 88.4 Å². The lowest BCUT2D eigenvalue weighted by Gasteiger charge is -2.34. The first kappa shape index (κ1) is 42.0. The predicted molar refractivity (Wildman–Crippen MR) is 239 cm³/mol. The molecule has 4 amide bonds. The van der Waals surface area contributed by atoms with Crippen LogP contribution in [0.4, 0.5) is 10.5 Å². The van der Waals surface area contributed by atoms with Crippen LogP contribution in [-0.2, 0) is 27.3 Å². The molecule has 8 rings (SSSR count). The van der Waals surface area contributed by atoms with Crippen LogP contribution in [0.1, 0.15) is 90.1 Å². The van der Waals surface area contributed by atoms with Crippen LogP contribution in [0.3, 0.4) is 0 Å². The van der Waals surface area contributed by atoms with Gasteiger partial charge in [0.15, 0.2) is 5.76 Å². The lowest BCUT2D eigenvalue weighted by molar-refractivity contribution is -0.122. The Morgan fingerprint density at radius 1 is 0.806 bits per heavy atom. The molecule has 0 saturated heterocycles. The molecule has 0 radical (unpaired) electrons. The zero-order chi connectivity index (χ0) is 42.8. The van der Waals surface area contributed by atoms with E-state index in [2.05, 4.69) is 45.2 Å². The first-order valence-electron chi connectivity index (χ1n) is 21.8. The topological polar surface area (TPSA) is 172 Å². The standard InChI is InChI=1S/C50H54N6O6/c51-43(29-34-30-53-44-20-9-8-15-37(34)44)47(57)52-27-11-10-21-45(55-50(60)62-32-42-40-18-6-4-16-38(40)39-17-5-7-19-41(39)42)48(58)54-35-25-23-33(24-26-35)31-56(36-13-2-1-3-14-36)49(59)46-22-12-28-61-46/h4-9,12,15-20,22-26,28,30,36,42-43,45,53H,1-3,10-11,13-14,21,27,29,31-32,51H2,(H,52,57)(H,54,58)(H,55,60). The first-order chi connectivity index (χ1) is 30.3. The number of nitrogens with two attached hydrogens (primary N) is 1. The van der Waals surface area contributed by atoms with Crippen molar-refractivity contribution in [2.75, 3.05) is 18.5 Å². The summed E-state index contributed by atoms with van der Waals surface area (Å²) >= 11 is 0. The molecule has 320 valence electrons. The number of unbranched alkanes of at least 4 members (excludes halogenated alkanes) is 1. The average molecular weight is 835 g/mol. The number of nitrogens with one attached hydrogen (secondary N) is 4. The minimum Gasteiger partial charge on any atom is -0.459 e. The van der Waals surface area contributed by atoms with Gasteiger partial charge in [0.05, 0.1) is 12.3 Å². The summed E-state index contributed by atoms with van der Waals surface area (Å²) in [6.07, 6.45) is 9.73.